The number of carbonyl (C=O) groups is 1. The van der Waals surface area contributed by atoms with E-state index in [1.165, 1.54) is 4.90 Å². The van der Waals surface area contributed by atoms with Gasteiger partial charge < -0.3 is 16.0 Å². The van der Waals surface area contributed by atoms with Crippen molar-refractivity contribution >= 4 is 37.8 Å². The Labute approximate surface area is 130 Å². The van der Waals surface area contributed by atoms with Crippen LogP contribution < -0.4 is 11.1 Å². The van der Waals surface area contributed by atoms with Crippen molar-refractivity contribution in [3.63, 3.8) is 0 Å². The second kappa shape index (κ2) is 7.13. The fraction of sp³-hybridized carbons (Fsp3) is 0.615. The molecule has 6 nitrogen and oxygen atoms in total. The highest BCUT2D eigenvalue weighted by Gasteiger charge is 2.29. The van der Waals surface area contributed by atoms with Crippen LogP contribution in [0, 0.1) is 0 Å². The van der Waals surface area contributed by atoms with Crippen LogP contribution in [0.2, 0.25) is 0 Å². The molecule has 0 aliphatic rings. The molecule has 0 atom stereocenters. The van der Waals surface area contributed by atoms with Crippen LogP contribution in [0.15, 0.2) is 4.90 Å². The number of rotatable bonds is 7. The van der Waals surface area contributed by atoms with E-state index in [-0.39, 0.29) is 27.1 Å². The molecule has 0 saturated carbocycles. The van der Waals surface area contributed by atoms with Gasteiger partial charge in [-0.2, -0.15) is 0 Å². The number of unbranched alkanes of at least 4 members (excludes halogenated alkanes) is 1. The van der Waals surface area contributed by atoms with Crippen LogP contribution in [0.1, 0.15) is 36.4 Å². The third kappa shape index (κ3) is 3.88. The highest BCUT2D eigenvalue weighted by molar-refractivity contribution is 7.91. The number of nitrogens with one attached hydrogen (secondary N) is 1. The minimum atomic E-state index is -3.48. The van der Waals surface area contributed by atoms with Crippen molar-refractivity contribution in [1.82, 2.24) is 4.90 Å². The number of carbonyl (C=O) groups excluding carboxylic acids is 1. The molecule has 0 radical (unpaired) electrons. The monoisotopic (exact) mass is 333 g/mol. The number of hydrogen-bond acceptors (Lipinski definition) is 6. The maximum absolute atomic E-state index is 12.2. The Kier molecular flexibility index (Phi) is 6.03. The van der Waals surface area contributed by atoms with E-state index in [2.05, 4.69) is 12.2 Å². The third-order valence-electron chi connectivity index (χ3n) is 3.01. The predicted octanol–water partition coefficient (Wildman–Crippen LogP) is 2.04. The lowest BCUT2D eigenvalue weighted by atomic mass is 10.3. The topological polar surface area (TPSA) is 92.5 Å². The van der Waals surface area contributed by atoms with Crippen molar-refractivity contribution in [2.75, 3.05) is 37.4 Å². The van der Waals surface area contributed by atoms with Crippen LogP contribution in [-0.4, -0.2) is 45.6 Å². The molecule has 1 rings (SSSR count). The van der Waals surface area contributed by atoms with E-state index >= 15 is 0 Å². The van der Waals surface area contributed by atoms with Gasteiger partial charge in [-0.1, -0.05) is 20.3 Å². The Hall–Kier alpha value is -1.28. The Morgan fingerprint density at radius 3 is 2.43 bits per heavy atom. The van der Waals surface area contributed by atoms with Crippen LogP contribution in [0.5, 0.6) is 0 Å². The summed E-state index contributed by atoms with van der Waals surface area (Å²) in [6.07, 6.45) is 1.91. The van der Waals surface area contributed by atoms with E-state index in [0.717, 1.165) is 24.2 Å². The molecule has 0 bridgehead atoms. The molecule has 8 heteroatoms. The number of hydrogen-bond donors (Lipinski definition) is 2. The van der Waals surface area contributed by atoms with Gasteiger partial charge in [0.2, 0.25) is 0 Å². The molecule has 3 N–H and O–H groups in total. The summed E-state index contributed by atoms with van der Waals surface area (Å²) in [6, 6.07) is 0. The molecule has 0 saturated heterocycles. The van der Waals surface area contributed by atoms with E-state index in [1.54, 1.807) is 21.0 Å². The molecule has 21 heavy (non-hydrogen) atoms. The van der Waals surface area contributed by atoms with Crippen LogP contribution in [0.25, 0.3) is 0 Å². The Morgan fingerprint density at radius 2 is 1.95 bits per heavy atom. The normalized spacial score (nSPS) is 11.4. The maximum Gasteiger partial charge on any atom is 0.265 e. The minimum absolute atomic E-state index is 0.0496. The van der Waals surface area contributed by atoms with Gasteiger partial charge in [-0.15, -0.1) is 11.3 Å². The lowest BCUT2D eigenvalue weighted by molar-refractivity contribution is 0.0833. The van der Waals surface area contributed by atoms with Crippen molar-refractivity contribution in [3.8, 4) is 0 Å². The zero-order chi connectivity index (χ0) is 16.2. The maximum atomic E-state index is 12.2. The number of anilines is 2. The van der Waals surface area contributed by atoms with Gasteiger partial charge in [0.25, 0.3) is 5.91 Å². The fourth-order valence-corrected chi connectivity index (χ4v) is 4.45. The van der Waals surface area contributed by atoms with E-state index in [9.17, 15) is 13.2 Å². The zero-order valence-electron chi connectivity index (χ0n) is 12.9. The number of thiophene rings is 1. The summed E-state index contributed by atoms with van der Waals surface area (Å²) in [5.41, 5.74) is 6.01. The molecule has 120 valence electrons. The zero-order valence-corrected chi connectivity index (χ0v) is 14.5. The first-order chi connectivity index (χ1) is 9.76. The van der Waals surface area contributed by atoms with Crippen molar-refractivity contribution in [2.45, 2.75) is 31.6 Å². The number of sulfone groups is 1. The van der Waals surface area contributed by atoms with Gasteiger partial charge in [-0.3, -0.25) is 4.79 Å². The number of nitrogens with two attached hydrogens (primary N) is 1. The second-order valence-corrected chi connectivity index (χ2v) is 8.12. The number of nitrogen functional groups attached to an aromatic ring is 1. The Balaban J connectivity index is 3.34. The smallest absolute Gasteiger partial charge is 0.265 e. The summed E-state index contributed by atoms with van der Waals surface area (Å²) in [6.45, 7) is 4.27. The molecular formula is C13H23N3O3S2. The second-order valence-electron chi connectivity index (χ2n) is 4.89. The van der Waals surface area contributed by atoms with E-state index in [0.29, 0.717) is 11.5 Å². The molecule has 0 fully saturated rings. The summed E-state index contributed by atoms with van der Waals surface area (Å²) < 4.78 is 24.5. The number of amides is 1. The summed E-state index contributed by atoms with van der Waals surface area (Å²) in [7, 11) is -0.261. The molecular weight excluding hydrogens is 310 g/mol. The average Bonchev–Trinajstić information content (AvgIpc) is 2.75. The van der Waals surface area contributed by atoms with Gasteiger partial charge in [0, 0.05) is 20.6 Å². The molecule has 0 aliphatic carbocycles. The summed E-state index contributed by atoms with van der Waals surface area (Å²) >= 11 is 1.11. The Bertz CT molecular complexity index is 606. The van der Waals surface area contributed by atoms with Gasteiger partial charge in [-0.25, -0.2) is 8.42 Å². The molecule has 1 amide bonds. The lowest BCUT2D eigenvalue weighted by Crippen LogP contribution is -2.21. The summed E-state index contributed by atoms with van der Waals surface area (Å²) in [5, 5.41) is 3.56. The van der Waals surface area contributed by atoms with Gasteiger partial charge in [-0.05, 0) is 6.42 Å². The predicted molar refractivity (Wildman–Crippen MR) is 87.9 cm³/mol. The number of nitrogens with zero attached hydrogens (tertiary/aromatic N) is 1. The first-order valence-corrected chi connectivity index (χ1v) is 9.33. The third-order valence-corrected chi connectivity index (χ3v) is 6.09. The van der Waals surface area contributed by atoms with Crippen molar-refractivity contribution in [2.24, 2.45) is 0 Å². The van der Waals surface area contributed by atoms with Crippen LogP contribution >= 0.6 is 11.3 Å². The van der Waals surface area contributed by atoms with Crippen LogP contribution in [0.3, 0.4) is 0 Å². The fourth-order valence-electron chi connectivity index (χ4n) is 1.74. The largest absolute Gasteiger partial charge is 0.396 e. The highest BCUT2D eigenvalue weighted by Crippen LogP contribution is 2.40. The first kappa shape index (κ1) is 17.8. The first-order valence-electron chi connectivity index (χ1n) is 6.86. The van der Waals surface area contributed by atoms with Crippen LogP contribution in [-0.2, 0) is 9.84 Å². The minimum Gasteiger partial charge on any atom is -0.396 e. The van der Waals surface area contributed by atoms with E-state index < -0.39 is 9.84 Å². The van der Waals surface area contributed by atoms with E-state index in [4.69, 9.17) is 5.73 Å². The standard InChI is InChI=1S/C13H23N3O3S2/c1-5-7-8-15-12-11(21(18,19)6-2)9(14)10(20-12)13(17)16(3)4/h15H,5-8,14H2,1-4H3. The quantitative estimate of drug-likeness (QED) is 0.745. The SMILES string of the molecule is CCCCNc1sc(C(=O)N(C)C)c(N)c1S(=O)(=O)CC. The van der Waals surface area contributed by atoms with Crippen molar-refractivity contribution < 1.29 is 13.2 Å². The molecule has 0 unspecified atom stereocenters. The molecule has 1 heterocycles. The van der Waals surface area contributed by atoms with Crippen LogP contribution in [0.4, 0.5) is 10.7 Å². The van der Waals surface area contributed by atoms with E-state index in [1.807, 2.05) is 0 Å². The molecule has 0 aromatic carbocycles. The van der Waals surface area contributed by atoms with Gasteiger partial charge in [0.1, 0.15) is 14.8 Å². The molecule has 1 aromatic heterocycles. The summed E-state index contributed by atoms with van der Waals surface area (Å²) in [5.74, 6) is -0.333. The van der Waals surface area contributed by atoms with Gasteiger partial charge >= 0.3 is 0 Å². The van der Waals surface area contributed by atoms with Crippen molar-refractivity contribution in [1.29, 1.82) is 0 Å². The molecule has 0 aliphatic heterocycles. The summed E-state index contributed by atoms with van der Waals surface area (Å²) in [4.78, 5) is 13.8. The molecule has 0 spiro atoms. The van der Waals surface area contributed by atoms with Gasteiger partial charge in [0.05, 0.1) is 11.4 Å². The highest BCUT2D eigenvalue weighted by atomic mass is 32.2. The molecule has 1 aromatic rings. The van der Waals surface area contributed by atoms with Crippen molar-refractivity contribution in [3.05, 3.63) is 4.88 Å². The average molecular weight is 333 g/mol. The van der Waals surface area contributed by atoms with Gasteiger partial charge in [0.15, 0.2) is 9.84 Å². The Morgan fingerprint density at radius 1 is 1.33 bits per heavy atom. The lowest BCUT2D eigenvalue weighted by Gasteiger charge is -2.09.